The van der Waals surface area contributed by atoms with E-state index in [2.05, 4.69) is 19.2 Å². The van der Waals surface area contributed by atoms with E-state index in [0.717, 1.165) is 16.9 Å². The lowest BCUT2D eigenvalue weighted by molar-refractivity contribution is -0.138. The monoisotopic (exact) mass is 498 g/mol. The third kappa shape index (κ3) is 6.39. The summed E-state index contributed by atoms with van der Waals surface area (Å²) in [6.07, 6.45) is -0.557. The van der Waals surface area contributed by atoms with Gasteiger partial charge in [0.15, 0.2) is 0 Å². The average molecular weight is 499 g/mol. The molecule has 0 unspecified atom stereocenters. The van der Waals surface area contributed by atoms with Gasteiger partial charge in [0.1, 0.15) is 10.9 Å². The van der Waals surface area contributed by atoms with Crippen molar-refractivity contribution in [3.8, 4) is 0 Å². The number of alkyl carbamates (subject to hydrolysis) is 1. The van der Waals surface area contributed by atoms with Crippen LogP contribution in [0.5, 0.6) is 0 Å². The molecule has 1 fully saturated rings. The fourth-order valence-electron chi connectivity index (χ4n) is 4.25. The highest BCUT2D eigenvalue weighted by atomic mass is 32.2. The Balaban J connectivity index is 1.91. The molecule has 0 aromatic heterocycles. The van der Waals surface area contributed by atoms with Crippen molar-refractivity contribution < 1.29 is 14.3 Å². The number of ether oxygens (including phenoxy) is 1. The van der Waals surface area contributed by atoms with Gasteiger partial charge in [0.05, 0.1) is 12.0 Å². The normalized spacial score (nSPS) is 18.0. The summed E-state index contributed by atoms with van der Waals surface area (Å²) in [6, 6.07) is 18.6. The third-order valence-corrected chi connectivity index (χ3v) is 7.59. The maximum Gasteiger partial charge on any atom is 0.407 e. The molecule has 1 N–H and O–H groups in total. The Kier molecular flexibility index (Phi) is 8.77. The van der Waals surface area contributed by atoms with Crippen molar-refractivity contribution in [1.29, 1.82) is 0 Å². The number of benzene rings is 2. The van der Waals surface area contributed by atoms with Crippen LogP contribution in [0, 0.1) is 17.3 Å². The molecule has 0 spiro atoms. The first-order chi connectivity index (χ1) is 16.1. The fraction of sp³-hybridized carbons (Fsp3) is 0.444. The molecule has 2 aromatic carbocycles. The van der Waals surface area contributed by atoms with Crippen LogP contribution in [-0.2, 0) is 16.1 Å². The maximum atomic E-state index is 14.1. The van der Waals surface area contributed by atoms with E-state index in [4.69, 9.17) is 17.0 Å². The van der Waals surface area contributed by atoms with E-state index in [0.29, 0.717) is 4.32 Å². The predicted octanol–water partition coefficient (Wildman–Crippen LogP) is 6.20. The summed E-state index contributed by atoms with van der Waals surface area (Å²) in [7, 11) is 0. The molecule has 2 amide bonds. The van der Waals surface area contributed by atoms with Crippen LogP contribution in [0.2, 0.25) is 0 Å². The van der Waals surface area contributed by atoms with Crippen molar-refractivity contribution >= 4 is 40.3 Å². The molecule has 1 aliphatic heterocycles. The zero-order chi connectivity index (χ0) is 24.9. The molecule has 34 heavy (non-hydrogen) atoms. The molecule has 1 aliphatic rings. The van der Waals surface area contributed by atoms with Crippen molar-refractivity contribution in [3.63, 3.8) is 0 Å². The van der Waals surface area contributed by atoms with Gasteiger partial charge in [0.2, 0.25) is 5.91 Å². The number of amides is 2. The van der Waals surface area contributed by atoms with Gasteiger partial charge in [-0.05, 0) is 22.5 Å². The van der Waals surface area contributed by atoms with Crippen LogP contribution < -0.4 is 5.32 Å². The summed E-state index contributed by atoms with van der Waals surface area (Å²) < 4.78 is 6.13. The van der Waals surface area contributed by atoms with Crippen LogP contribution in [0.15, 0.2) is 60.7 Å². The number of hydrogen-bond acceptors (Lipinski definition) is 5. The quantitative estimate of drug-likeness (QED) is 0.461. The summed E-state index contributed by atoms with van der Waals surface area (Å²) in [5, 5.41) is 3.01. The van der Waals surface area contributed by atoms with E-state index in [1.807, 2.05) is 81.4 Å². The highest BCUT2D eigenvalue weighted by Crippen LogP contribution is 2.41. The van der Waals surface area contributed by atoms with Crippen molar-refractivity contribution in [1.82, 2.24) is 10.2 Å². The summed E-state index contributed by atoms with van der Waals surface area (Å²) in [5.41, 5.74) is 1.30. The molecule has 2 aromatic rings. The van der Waals surface area contributed by atoms with Gasteiger partial charge in [-0.3, -0.25) is 9.69 Å². The first kappa shape index (κ1) is 26.2. The lowest BCUT2D eigenvalue weighted by Crippen LogP contribution is -2.52. The van der Waals surface area contributed by atoms with E-state index in [1.165, 1.54) is 0 Å². The summed E-state index contributed by atoms with van der Waals surface area (Å²) in [6.45, 7) is 10.5. The number of thiocarbonyl (C=S) groups is 1. The Labute approximate surface area is 212 Å². The maximum absolute atomic E-state index is 14.1. The SMILES string of the molecule is CC(C)[C@H]1CSC(=S)N1C(=O)[C@@H]([C@@H](NC(=O)OCc1ccccc1)c1ccccc1)C(C)(C)C. The Hall–Kier alpha value is -2.38. The predicted molar refractivity (Wildman–Crippen MR) is 142 cm³/mol. The van der Waals surface area contributed by atoms with Gasteiger partial charge in [-0.15, -0.1) is 0 Å². The van der Waals surface area contributed by atoms with E-state index in [9.17, 15) is 9.59 Å². The van der Waals surface area contributed by atoms with Crippen LogP contribution in [-0.4, -0.2) is 33.0 Å². The number of rotatable bonds is 7. The second-order valence-electron chi connectivity index (χ2n) is 10.0. The molecule has 5 nitrogen and oxygen atoms in total. The van der Waals surface area contributed by atoms with Crippen molar-refractivity contribution in [2.24, 2.45) is 17.3 Å². The van der Waals surface area contributed by atoms with Crippen LogP contribution in [0.4, 0.5) is 4.79 Å². The molecular weight excluding hydrogens is 464 g/mol. The zero-order valence-electron chi connectivity index (χ0n) is 20.5. The number of carbonyl (C=O) groups is 2. The van der Waals surface area contributed by atoms with Crippen LogP contribution >= 0.6 is 24.0 Å². The van der Waals surface area contributed by atoms with E-state index in [-0.39, 0.29) is 24.5 Å². The highest BCUT2D eigenvalue weighted by Gasteiger charge is 2.46. The topological polar surface area (TPSA) is 58.6 Å². The minimum Gasteiger partial charge on any atom is -0.445 e. The second-order valence-corrected chi connectivity index (χ2v) is 11.7. The molecule has 1 heterocycles. The molecule has 3 atom stereocenters. The van der Waals surface area contributed by atoms with Gasteiger partial charge in [0, 0.05) is 11.8 Å². The van der Waals surface area contributed by atoms with E-state index in [1.54, 1.807) is 16.7 Å². The lowest BCUT2D eigenvalue weighted by atomic mass is 9.73. The van der Waals surface area contributed by atoms with Crippen LogP contribution in [0.25, 0.3) is 0 Å². The van der Waals surface area contributed by atoms with Gasteiger partial charge in [-0.1, -0.05) is 119 Å². The Morgan fingerprint density at radius 2 is 1.68 bits per heavy atom. The first-order valence-corrected chi connectivity index (χ1v) is 13.0. The molecule has 7 heteroatoms. The van der Waals surface area contributed by atoms with Gasteiger partial charge >= 0.3 is 6.09 Å². The molecule has 1 saturated heterocycles. The third-order valence-electron chi connectivity index (χ3n) is 6.09. The summed E-state index contributed by atoms with van der Waals surface area (Å²) in [5.74, 6) is 0.466. The van der Waals surface area contributed by atoms with Gasteiger partial charge in [-0.2, -0.15) is 0 Å². The number of thioether (sulfide) groups is 1. The average Bonchev–Trinajstić information content (AvgIpc) is 3.19. The highest BCUT2D eigenvalue weighted by molar-refractivity contribution is 8.23. The molecule has 0 saturated carbocycles. The largest absolute Gasteiger partial charge is 0.445 e. The Bertz CT molecular complexity index is 990. The minimum atomic E-state index is -0.571. The number of carbonyl (C=O) groups excluding carboxylic acids is 2. The van der Waals surface area contributed by atoms with Gasteiger partial charge < -0.3 is 10.1 Å². The van der Waals surface area contributed by atoms with Crippen molar-refractivity contribution in [2.45, 2.75) is 53.3 Å². The fourth-order valence-corrected chi connectivity index (χ4v) is 5.90. The first-order valence-electron chi connectivity index (χ1n) is 11.6. The van der Waals surface area contributed by atoms with Crippen LogP contribution in [0.3, 0.4) is 0 Å². The van der Waals surface area contributed by atoms with Crippen molar-refractivity contribution in [2.75, 3.05) is 5.75 Å². The summed E-state index contributed by atoms with van der Waals surface area (Å²) in [4.78, 5) is 28.8. The smallest absolute Gasteiger partial charge is 0.407 e. The zero-order valence-corrected chi connectivity index (χ0v) is 22.1. The molecule has 0 radical (unpaired) electrons. The van der Waals surface area contributed by atoms with Crippen LogP contribution in [0.1, 0.15) is 51.8 Å². The molecular formula is C27H34N2O3S2. The number of hydrogen-bond donors (Lipinski definition) is 1. The summed E-state index contributed by atoms with van der Waals surface area (Å²) >= 11 is 7.15. The molecule has 0 aliphatic carbocycles. The minimum absolute atomic E-state index is 0.0382. The second kappa shape index (κ2) is 11.4. The van der Waals surface area contributed by atoms with E-state index < -0.39 is 23.5 Å². The lowest BCUT2D eigenvalue weighted by Gasteiger charge is -2.40. The molecule has 0 bridgehead atoms. The standard InChI is InChI=1S/C27H34N2O3S2/c1-18(2)21-17-34-26(33)29(21)24(30)22(27(3,4)5)23(20-14-10-7-11-15-20)28-25(31)32-16-19-12-8-6-9-13-19/h6-15,18,21-23H,16-17H2,1-5H3,(H,28,31)/t21-,22-,23+/m1/s1. The van der Waals surface area contributed by atoms with Gasteiger partial charge in [0.25, 0.3) is 0 Å². The van der Waals surface area contributed by atoms with Gasteiger partial charge in [-0.25, -0.2) is 4.79 Å². The molecule has 182 valence electrons. The Morgan fingerprint density at radius 3 is 2.24 bits per heavy atom. The molecule has 3 rings (SSSR count). The Morgan fingerprint density at radius 1 is 1.09 bits per heavy atom. The van der Waals surface area contributed by atoms with Crippen molar-refractivity contribution in [3.05, 3.63) is 71.8 Å². The number of nitrogens with one attached hydrogen (secondary N) is 1. The van der Waals surface area contributed by atoms with E-state index >= 15 is 0 Å². The number of nitrogens with zero attached hydrogens (tertiary/aromatic N) is 1.